The summed E-state index contributed by atoms with van der Waals surface area (Å²) >= 11 is 0. The van der Waals surface area contributed by atoms with Gasteiger partial charge in [-0.1, -0.05) is 19.3 Å². The van der Waals surface area contributed by atoms with Crippen LogP contribution in [0.25, 0.3) is 0 Å². The van der Waals surface area contributed by atoms with Gasteiger partial charge >= 0.3 is 0 Å². The highest BCUT2D eigenvalue weighted by Crippen LogP contribution is 2.25. The van der Waals surface area contributed by atoms with Gasteiger partial charge in [-0.15, -0.1) is 0 Å². The third-order valence-corrected chi connectivity index (χ3v) is 4.03. The van der Waals surface area contributed by atoms with E-state index in [1.54, 1.807) is 12.5 Å². The van der Waals surface area contributed by atoms with Gasteiger partial charge in [0.15, 0.2) is 0 Å². The third kappa shape index (κ3) is 3.87. The Hall–Kier alpha value is -2.30. The first kappa shape index (κ1) is 14.6. The van der Waals surface area contributed by atoms with E-state index in [1.807, 2.05) is 24.3 Å². The molecule has 1 fully saturated rings. The van der Waals surface area contributed by atoms with Crippen LogP contribution in [-0.4, -0.2) is 10.9 Å². The second kappa shape index (κ2) is 7.11. The quantitative estimate of drug-likeness (QED) is 0.881. The van der Waals surface area contributed by atoms with E-state index in [2.05, 4.69) is 15.6 Å². The van der Waals surface area contributed by atoms with Crippen molar-refractivity contribution >= 4 is 17.4 Å². The van der Waals surface area contributed by atoms with Crippen LogP contribution in [0.15, 0.2) is 41.1 Å². The lowest BCUT2D eigenvalue weighted by Gasteiger charge is -2.20. The second-order valence-corrected chi connectivity index (χ2v) is 5.69. The van der Waals surface area contributed by atoms with Crippen molar-refractivity contribution in [3.8, 4) is 0 Å². The van der Waals surface area contributed by atoms with Crippen molar-refractivity contribution in [3.05, 3.63) is 42.5 Å². The van der Waals surface area contributed by atoms with E-state index in [4.69, 9.17) is 4.42 Å². The maximum atomic E-state index is 12.2. The van der Waals surface area contributed by atoms with Crippen LogP contribution in [0.1, 0.15) is 37.9 Å². The maximum Gasteiger partial charge on any atom is 0.227 e. The molecule has 0 saturated heterocycles. The molecule has 5 heteroatoms. The monoisotopic (exact) mass is 299 g/mol. The summed E-state index contributed by atoms with van der Waals surface area (Å²) in [7, 11) is 0. The zero-order valence-corrected chi connectivity index (χ0v) is 12.5. The van der Waals surface area contributed by atoms with Crippen LogP contribution >= 0.6 is 0 Å². The van der Waals surface area contributed by atoms with E-state index >= 15 is 0 Å². The number of carbonyl (C=O) groups is 1. The van der Waals surface area contributed by atoms with Gasteiger partial charge in [-0.25, -0.2) is 4.98 Å². The first-order valence-electron chi connectivity index (χ1n) is 7.84. The summed E-state index contributed by atoms with van der Waals surface area (Å²) in [5, 5.41) is 6.13. The van der Waals surface area contributed by atoms with E-state index in [0.29, 0.717) is 6.54 Å². The molecule has 2 heterocycles. The number of furan rings is 1. The number of amides is 1. The lowest BCUT2D eigenvalue weighted by atomic mass is 9.88. The Morgan fingerprint density at radius 3 is 2.77 bits per heavy atom. The topological polar surface area (TPSA) is 67.2 Å². The molecule has 0 radical (unpaired) electrons. The van der Waals surface area contributed by atoms with Crippen LogP contribution in [0.4, 0.5) is 11.5 Å². The number of pyridine rings is 1. The summed E-state index contributed by atoms with van der Waals surface area (Å²) in [4.78, 5) is 16.5. The lowest BCUT2D eigenvalue weighted by molar-refractivity contribution is -0.120. The van der Waals surface area contributed by atoms with Gasteiger partial charge in [0.1, 0.15) is 11.6 Å². The number of hydrogen-bond donors (Lipinski definition) is 2. The molecule has 1 aliphatic rings. The first-order valence-corrected chi connectivity index (χ1v) is 7.84. The van der Waals surface area contributed by atoms with Crippen LogP contribution in [0.5, 0.6) is 0 Å². The van der Waals surface area contributed by atoms with Gasteiger partial charge in [-0.2, -0.15) is 0 Å². The largest absolute Gasteiger partial charge is 0.467 e. The molecular formula is C17H21N3O2. The van der Waals surface area contributed by atoms with Crippen LogP contribution in [-0.2, 0) is 11.3 Å². The number of nitrogens with zero attached hydrogens (tertiary/aromatic N) is 1. The molecule has 3 rings (SSSR count). The van der Waals surface area contributed by atoms with Crippen LogP contribution in [0.2, 0.25) is 0 Å². The molecule has 1 amide bonds. The Labute approximate surface area is 130 Å². The van der Waals surface area contributed by atoms with Gasteiger partial charge in [-0.3, -0.25) is 4.79 Å². The summed E-state index contributed by atoms with van der Waals surface area (Å²) < 4.78 is 5.25. The number of rotatable bonds is 5. The molecular weight excluding hydrogens is 278 g/mol. The predicted molar refractivity (Wildman–Crippen MR) is 85.5 cm³/mol. The zero-order chi connectivity index (χ0) is 15.2. The SMILES string of the molecule is O=C(Nc1ccc(NCc2ccco2)nc1)C1CCCCC1. The van der Waals surface area contributed by atoms with E-state index in [9.17, 15) is 4.79 Å². The molecule has 2 aromatic heterocycles. The van der Waals surface area contributed by atoms with Gasteiger partial charge in [0, 0.05) is 5.92 Å². The lowest BCUT2D eigenvalue weighted by Crippen LogP contribution is -2.24. The number of anilines is 2. The molecule has 0 spiro atoms. The van der Waals surface area contributed by atoms with Crippen molar-refractivity contribution in [2.75, 3.05) is 10.6 Å². The van der Waals surface area contributed by atoms with Crippen molar-refractivity contribution in [1.82, 2.24) is 4.98 Å². The van der Waals surface area contributed by atoms with Gasteiger partial charge in [0.05, 0.1) is 24.7 Å². The number of hydrogen-bond acceptors (Lipinski definition) is 4. The minimum Gasteiger partial charge on any atom is -0.467 e. The zero-order valence-electron chi connectivity index (χ0n) is 12.5. The van der Waals surface area contributed by atoms with Crippen LogP contribution in [0.3, 0.4) is 0 Å². The Morgan fingerprint density at radius 1 is 1.23 bits per heavy atom. The Kier molecular flexibility index (Phi) is 4.73. The molecule has 0 aliphatic heterocycles. The molecule has 1 aliphatic carbocycles. The fraction of sp³-hybridized carbons (Fsp3) is 0.412. The maximum absolute atomic E-state index is 12.2. The molecule has 22 heavy (non-hydrogen) atoms. The molecule has 0 unspecified atom stereocenters. The second-order valence-electron chi connectivity index (χ2n) is 5.69. The van der Waals surface area contributed by atoms with Crippen LogP contribution in [0, 0.1) is 5.92 Å². The molecule has 0 atom stereocenters. The number of aromatic nitrogens is 1. The van der Waals surface area contributed by atoms with Gasteiger partial charge < -0.3 is 15.1 Å². The highest BCUT2D eigenvalue weighted by atomic mass is 16.3. The van der Waals surface area contributed by atoms with Crippen molar-refractivity contribution < 1.29 is 9.21 Å². The van der Waals surface area contributed by atoms with E-state index < -0.39 is 0 Å². The summed E-state index contributed by atoms with van der Waals surface area (Å²) in [6.07, 6.45) is 8.91. The average molecular weight is 299 g/mol. The minimum atomic E-state index is 0.123. The van der Waals surface area contributed by atoms with Crippen molar-refractivity contribution in [3.63, 3.8) is 0 Å². The van der Waals surface area contributed by atoms with Crippen molar-refractivity contribution in [1.29, 1.82) is 0 Å². The minimum absolute atomic E-state index is 0.123. The van der Waals surface area contributed by atoms with Gasteiger partial charge in [0.25, 0.3) is 0 Å². The highest BCUT2D eigenvalue weighted by molar-refractivity contribution is 5.92. The van der Waals surface area contributed by atoms with Gasteiger partial charge in [0.2, 0.25) is 5.91 Å². The number of carbonyl (C=O) groups excluding carboxylic acids is 1. The fourth-order valence-corrected chi connectivity index (χ4v) is 2.77. The molecule has 0 bridgehead atoms. The molecule has 5 nitrogen and oxygen atoms in total. The molecule has 2 N–H and O–H groups in total. The summed E-state index contributed by atoms with van der Waals surface area (Å²) in [5.74, 6) is 1.90. The fourth-order valence-electron chi connectivity index (χ4n) is 2.77. The molecule has 116 valence electrons. The number of nitrogens with one attached hydrogen (secondary N) is 2. The predicted octanol–water partition coefficient (Wildman–Crippen LogP) is 3.81. The highest BCUT2D eigenvalue weighted by Gasteiger charge is 2.20. The Balaban J connectivity index is 1.51. The van der Waals surface area contributed by atoms with Crippen LogP contribution < -0.4 is 10.6 Å². The van der Waals surface area contributed by atoms with E-state index in [-0.39, 0.29) is 11.8 Å². The van der Waals surface area contributed by atoms with E-state index in [1.165, 1.54) is 6.42 Å². The normalized spacial score (nSPS) is 15.5. The first-order chi connectivity index (χ1) is 10.8. The smallest absolute Gasteiger partial charge is 0.227 e. The average Bonchev–Trinajstić information content (AvgIpc) is 3.08. The molecule has 2 aromatic rings. The standard InChI is InChI=1S/C17H21N3O2/c21-17(13-5-2-1-3-6-13)20-14-8-9-16(18-11-14)19-12-15-7-4-10-22-15/h4,7-11,13H,1-3,5-6,12H2,(H,18,19)(H,20,21). The van der Waals surface area contributed by atoms with E-state index in [0.717, 1.165) is 42.9 Å². The van der Waals surface area contributed by atoms with Gasteiger partial charge in [-0.05, 0) is 37.1 Å². The Morgan fingerprint density at radius 2 is 2.09 bits per heavy atom. The summed E-state index contributed by atoms with van der Waals surface area (Å²) in [6, 6.07) is 7.50. The van der Waals surface area contributed by atoms with Crippen molar-refractivity contribution in [2.45, 2.75) is 38.6 Å². The molecule has 0 aromatic carbocycles. The summed E-state index contributed by atoms with van der Waals surface area (Å²) in [5.41, 5.74) is 0.749. The third-order valence-electron chi connectivity index (χ3n) is 4.03. The molecule has 1 saturated carbocycles. The van der Waals surface area contributed by atoms with Crippen molar-refractivity contribution in [2.24, 2.45) is 5.92 Å². The Bertz CT molecular complexity index is 587. The summed E-state index contributed by atoms with van der Waals surface area (Å²) in [6.45, 7) is 0.591.